The Bertz CT molecular complexity index is 702. The van der Waals surface area contributed by atoms with Gasteiger partial charge in [-0.2, -0.15) is 5.10 Å². The van der Waals surface area contributed by atoms with E-state index < -0.39 is 0 Å². The molecule has 4 nitrogen and oxygen atoms in total. The highest BCUT2D eigenvalue weighted by molar-refractivity contribution is 6.31. The van der Waals surface area contributed by atoms with Crippen LogP contribution in [-0.2, 0) is 11.3 Å². The Morgan fingerprint density at radius 2 is 2.14 bits per heavy atom. The predicted molar refractivity (Wildman–Crippen MR) is 87.7 cm³/mol. The molecule has 0 spiro atoms. The van der Waals surface area contributed by atoms with Crippen molar-refractivity contribution in [2.45, 2.75) is 32.4 Å². The van der Waals surface area contributed by atoms with Gasteiger partial charge in [-0.15, -0.1) is 0 Å². The third-order valence-electron chi connectivity index (χ3n) is 3.61. The summed E-state index contributed by atoms with van der Waals surface area (Å²) in [6, 6.07) is 10.4. The second kappa shape index (κ2) is 6.36. The van der Waals surface area contributed by atoms with Crippen LogP contribution in [0.5, 0.6) is 0 Å². The van der Waals surface area contributed by atoms with Crippen molar-refractivity contribution in [2.75, 3.05) is 0 Å². The summed E-state index contributed by atoms with van der Waals surface area (Å²) < 4.78 is 1.75. The molecule has 1 aliphatic rings. The number of halogens is 1. The lowest BCUT2D eigenvalue weighted by molar-refractivity contribution is -0.116. The summed E-state index contributed by atoms with van der Waals surface area (Å²) in [5.74, 6) is -0.0752. The normalized spacial score (nSPS) is 14.5. The quantitative estimate of drug-likeness (QED) is 0.861. The van der Waals surface area contributed by atoms with E-state index in [0.717, 1.165) is 29.7 Å². The van der Waals surface area contributed by atoms with Crippen LogP contribution in [0.4, 0.5) is 0 Å². The molecule has 0 saturated heterocycles. The Kier molecular flexibility index (Phi) is 4.29. The van der Waals surface area contributed by atoms with Crippen molar-refractivity contribution in [2.24, 2.45) is 0 Å². The SMILES string of the molecule is Cc1nn(Cc2ccccc2)c(Cl)c1C=CC(=O)NC1CC1. The van der Waals surface area contributed by atoms with Gasteiger partial charge in [0.1, 0.15) is 5.15 Å². The molecule has 3 rings (SSSR count). The fourth-order valence-electron chi connectivity index (χ4n) is 2.25. The summed E-state index contributed by atoms with van der Waals surface area (Å²) in [5, 5.41) is 7.92. The maximum Gasteiger partial charge on any atom is 0.244 e. The fraction of sp³-hybridized carbons (Fsp3) is 0.294. The number of aromatic nitrogens is 2. The van der Waals surface area contributed by atoms with Crippen LogP contribution >= 0.6 is 11.6 Å². The van der Waals surface area contributed by atoms with E-state index in [1.165, 1.54) is 6.08 Å². The predicted octanol–water partition coefficient (Wildman–Crippen LogP) is 3.19. The molecule has 1 amide bonds. The van der Waals surface area contributed by atoms with Gasteiger partial charge in [0, 0.05) is 17.7 Å². The molecular formula is C17H18ClN3O. The lowest BCUT2D eigenvalue weighted by Crippen LogP contribution is -2.22. The molecule has 0 aliphatic heterocycles. The summed E-state index contributed by atoms with van der Waals surface area (Å²) in [6.07, 6.45) is 5.42. The standard InChI is InChI=1S/C17H18ClN3O/c1-12-15(9-10-16(22)19-14-7-8-14)17(18)21(20-12)11-13-5-3-2-4-6-13/h2-6,9-10,14H,7-8,11H2,1H3,(H,19,22). The molecule has 114 valence electrons. The van der Waals surface area contributed by atoms with E-state index in [9.17, 15) is 4.79 Å². The number of benzene rings is 1. The van der Waals surface area contributed by atoms with Crippen LogP contribution in [0.2, 0.25) is 5.15 Å². The third kappa shape index (κ3) is 3.57. The van der Waals surface area contributed by atoms with E-state index in [0.29, 0.717) is 17.7 Å². The first kappa shape index (κ1) is 14.9. The average molecular weight is 316 g/mol. The zero-order valence-corrected chi connectivity index (χ0v) is 13.2. The Morgan fingerprint density at radius 3 is 2.82 bits per heavy atom. The van der Waals surface area contributed by atoms with Crippen LogP contribution in [-0.4, -0.2) is 21.7 Å². The molecule has 0 bridgehead atoms. The molecule has 1 aliphatic carbocycles. The van der Waals surface area contributed by atoms with Crippen molar-refractivity contribution < 1.29 is 4.79 Å². The Labute approximate surface area is 134 Å². The van der Waals surface area contributed by atoms with Gasteiger partial charge in [0.2, 0.25) is 5.91 Å². The number of aryl methyl sites for hydroxylation is 1. The molecule has 1 saturated carbocycles. The zero-order chi connectivity index (χ0) is 15.5. The molecule has 0 radical (unpaired) electrons. The number of carbonyl (C=O) groups is 1. The highest BCUT2D eigenvalue weighted by Crippen LogP contribution is 2.23. The number of hydrogen-bond acceptors (Lipinski definition) is 2. The van der Waals surface area contributed by atoms with Gasteiger partial charge in [0.15, 0.2) is 0 Å². The minimum Gasteiger partial charge on any atom is -0.350 e. The number of nitrogens with one attached hydrogen (secondary N) is 1. The van der Waals surface area contributed by atoms with Gasteiger partial charge in [-0.05, 0) is 31.4 Å². The lowest BCUT2D eigenvalue weighted by atomic mass is 10.2. The van der Waals surface area contributed by atoms with Gasteiger partial charge in [0.25, 0.3) is 0 Å². The summed E-state index contributed by atoms with van der Waals surface area (Å²) in [5.41, 5.74) is 2.74. The molecule has 1 N–H and O–H groups in total. The van der Waals surface area contributed by atoms with Crippen molar-refractivity contribution in [3.8, 4) is 0 Å². The van der Waals surface area contributed by atoms with Gasteiger partial charge in [0.05, 0.1) is 12.2 Å². The Morgan fingerprint density at radius 1 is 1.41 bits per heavy atom. The van der Waals surface area contributed by atoms with Crippen molar-refractivity contribution in [3.63, 3.8) is 0 Å². The van der Waals surface area contributed by atoms with Crippen molar-refractivity contribution in [3.05, 3.63) is 58.4 Å². The third-order valence-corrected chi connectivity index (χ3v) is 4.01. The largest absolute Gasteiger partial charge is 0.350 e. The van der Waals surface area contributed by atoms with Crippen LogP contribution in [0, 0.1) is 6.92 Å². The van der Waals surface area contributed by atoms with Crippen molar-refractivity contribution in [1.82, 2.24) is 15.1 Å². The zero-order valence-electron chi connectivity index (χ0n) is 12.4. The average Bonchev–Trinajstić information content (AvgIpc) is 3.27. The van der Waals surface area contributed by atoms with E-state index in [-0.39, 0.29) is 5.91 Å². The molecule has 1 aromatic carbocycles. The minimum absolute atomic E-state index is 0.0752. The molecular weight excluding hydrogens is 298 g/mol. The van der Waals surface area contributed by atoms with Gasteiger partial charge in [-0.3, -0.25) is 4.79 Å². The van der Waals surface area contributed by atoms with Gasteiger partial charge in [-0.1, -0.05) is 41.9 Å². The van der Waals surface area contributed by atoms with E-state index in [1.54, 1.807) is 10.8 Å². The summed E-state index contributed by atoms with van der Waals surface area (Å²) in [6.45, 7) is 2.51. The van der Waals surface area contributed by atoms with Gasteiger partial charge < -0.3 is 5.32 Å². The maximum atomic E-state index is 11.7. The van der Waals surface area contributed by atoms with E-state index in [2.05, 4.69) is 10.4 Å². The lowest BCUT2D eigenvalue weighted by Gasteiger charge is -2.03. The molecule has 2 aromatic rings. The number of rotatable bonds is 5. The number of amides is 1. The van der Waals surface area contributed by atoms with Crippen LogP contribution < -0.4 is 5.32 Å². The number of hydrogen-bond donors (Lipinski definition) is 1. The molecule has 1 aromatic heterocycles. The molecule has 0 unspecified atom stereocenters. The molecule has 5 heteroatoms. The fourth-order valence-corrected chi connectivity index (χ4v) is 2.55. The molecule has 0 atom stereocenters. The number of carbonyl (C=O) groups excluding carboxylic acids is 1. The highest BCUT2D eigenvalue weighted by Gasteiger charge is 2.22. The van der Waals surface area contributed by atoms with Gasteiger partial charge >= 0.3 is 0 Å². The second-order valence-corrected chi connectivity index (χ2v) is 5.91. The first-order valence-electron chi connectivity index (χ1n) is 7.39. The van der Waals surface area contributed by atoms with Crippen LogP contribution in [0.15, 0.2) is 36.4 Å². The van der Waals surface area contributed by atoms with Gasteiger partial charge in [-0.25, -0.2) is 4.68 Å². The topological polar surface area (TPSA) is 46.9 Å². The monoisotopic (exact) mass is 315 g/mol. The molecule has 1 fully saturated rings. The number of nitrogens with zero attached hydrogens (tertiary/aromatic N) is 2. The molecule has 1 heterocycles. The van der Waals surface area contributed by atoms with E-state index >= 15 is 0 Å². The van der Waals surface area contributed by atoms with Crippen molar-refractivity contribution in [1.29, 1.82) is 0 Å². The Balaban J connectivity index is 1.74. The van der Waals surface area contributed by atoms with Crippen LogP contribution in [0.1, 0.15) is 29.7 Å². The van der Waals surface area contributed by atoms with Crippen molar-refractivity contribution >= 4 is 23.6 Å². The minimum atomic E-state index is -0.0752. The summed E-state index contributed by atoms with van der Waals surface area (Å²) >= 11 is 6.40. The van der Waals surface area contributed by atoms with Crippen LogP contribution in [0.25, 0.3) is 6.08 Å². The van der Waals surface area contributed by atoms with E-state index in [1.807, 2.05) is 37.3 Å². The van der Waals surface area contributed by atoms with E-state index in [4.69, 9.17) is 11.6 Å². The summed E-state index contributed by atoms with van der Waals surface area (Å²) in [7, 11) is 0. The van der Waals surface area contributed by atoms with Crippen LogP contribution in [0.3, 0.4) is 0 Å². The second-order valence-electron chi connectivity index (χ2n) is 5.55. The Hall–Kier alpha value is -2.07. The highest BCUT2D eigenvalue weighted by atomic mass is 35.5. The smallest absolute Gasteiger partial charge is 0.244 e. The first-order valence-corrected chi connectivity index (χ1v) is 7.76. The maximum absolute atomic E-state index is 11.7. The molecule has 22 heavy (non-hydrogen) atoms. The summed E-state index contributed by atoms with van der Waals surface area (Å²) in [4.78, 5) is 11.7. The first-order chi connectivity index (χ1) is 10.6.